The summed E-state index contributed by atoms with van der Waals surface area (Å²) >= 11 is 12.9. The zero-order valence-electron chi connectivity index (χ0n) is 14.8. The molecule has 4 nitrogen and oxygen atoms in total. The van der Waals surface area contributed by atoms with Crippen molar-refractivity contribution in [3.8, 4) is 0 Å². The van der Waals surface area contributed by atoms with E-state index in [-0.39, 0.29) is 0 Å². The van der Waals surface area contributed by atoms with Crippen LogP contribution in [0.2, 0.25) is 10.0 Å². The van der Waals surface area contributed by atoms with Gasteiger partial charge in [-0.3, -0.25) is 4.98 Å². The minimum atomic E-state index is -1.02. The molecule has 3 heterocycles. The first-order valence-electron chi connectivity index (χ1n) is 8.68. The molecule has 0 aliphatic carbocycles. The number of rotatable bonds is 3. The number of halogens is 2. The Balaban J connectivity index is 1.90. The fraction of sp³-hybridized carbons (Fsp3) is 0.350. The molecule has 0 fully saturated rings. The van der Waals surface area contributed by atoms with Crippen LogP contribution in [0.1, 0.15) is 23.7 Å². The molecular weight excluding hydrogens is 369 g/mol. The van der Waals surface area contributed by atoms with E-state index < -0.39 is 5.60 Å². The van der Waals surface area contributed by atoms with Gasteiger partial charge in [0.2, 0.25) is 0 Å². The van der Waals surface area contributed by atoms with E-state index in [4.69, 9.17) is 23.2 Å². The first kappa shape index (κ1) is 17.8. The Morgan fingerprint density at radius 1 is 1.19 bits per heavy atom. The minimum absolute atomic E-state index is 0.439. The first-order valence-corrected chi connectivity index (χ1v) is 9.43. The van der Waals surface area contributed by atoms with Gasteiger partial charge in [0.1, 0.15) is 5.60 Å². The molecule has 1 unspecified atom stereocenters. The SMILES string of the molecule is CN1CCc2c(n(CC(C)(O)c3ccncc3)c3ccc(Cl)c(Cl)c23)C1. The van der Waals surface area contributed by atoms with Gasteiger partial charge in [-0.15, -0.1) is 0 Å². The molecule has 1 aliphatic heterocycles. The van der Waals surface area contributed by atoms with E-state index in [9.17, 15) is 5.11 Å². The molecule has 0 amide bonds. The van der Waals surface area contributed by atoms with E-state index in [1.54, 1.807) is 12.4 Å². The smallest absolute Gasteiger partial charge is 0.105 e. The maximum absolute atomic E-state index is 11.2. The highest BCUT2D eigenvalue weighted by Crippen LogP contribution is 2.39. The van der Waals surface area contributed by atoms with Crippen molar-refractivity contribution in [2.75, 3.05) is 13.6 Å². The van der Waals surface area contributed by atoms with Crippen molar-refractivity contribution in [3.05, 3.63) is 63.5 Å². The second kappa shape index (κ2) is 6.54. The van der Waals surface area contributed by atoms with Gasteiger partial charge in [-0.2, -0.15) is 0 Å². The highest BCUT2D eigenvalue weighted by Gasteiger charge is 2.30. The molecule has 0 radical (unpaired) electrons. The third kappa shape index (κ3) is 2.91. The van der Waals surface area contributed by atoms with Gasteiger partial charge in [0.15, 0.2) is 0 Å². The molecule has 26 heavy (non-hydrogen) atoms. The third-order valence-electron chi connectivity index (χ3n) is 5.27. The molecule has 0 bridgehead atoms. The van der Waals surface area contributed by atoms with Crippen molar-refractivity contribution in [2.45, 2.75) is 32.0 Å². The number of nitrogens with zero attached hydrogens (tertiary/aromatic N) is 3. The van der Waals surface area contributed by atoms with Crippen LogP contribution in [-0.2, 0) is 25.1 Å². The zero-order chi connectivity index (χ0) is 18.5. The highest BCUT2D eigenvalue weighted by molar-refractivity contribution is 6.45. The number of aliphatic hydroxyl groups is 1. The largest absolute Gasteiger partial charge is 0.384 e. The lowest BCUT2D eigenvalue weighted by Gasteiger charge is -2.29. The predicted octanol–water partition coefficient (Wildman–Crippen LogP) is 4.24. The van der Waals surface area contributed by atoms with Crippen LogP contribution in [0.4, 0.5) is 0 Å². The maximum atomic E-state index is 11.2. The zero-order valence-corrected chi connectivity index (χ0v) is 16.3. The van der Waals surface area contributed by atoms with Crippen molar-refractivity contribution in [1.29, 1.82) is 0 Å². The molecule has 0 saturated heterocycles. The highest BCUT2D eigenvalue weighted by atomic mass is 35.5. The van der Waals surface area contributed by atoms with Crippen LogP contribution >= 0.6 is 23.2 Å². The summed E-state index contributed by atoms with van der Waals surface area (Å²) in [5.74, 6) is 0. The summed E-state index contributed by atoms with van der Waals surface area (Å²) in [6.07, 6.45) is 4.34. The molecule has 0 saturated carbocycles. The van der Waals surface area contributed by atoms with E-state index in [1.807, 2.05) is 31.2 Å². The molecule has 2 aromatic heterocycles. The number of fused-ring (bicyclic) bond motifs is 3. The molecule has 1 atom stereocenters. The van der Waals surface area contributed by atoms with Gasteiger partial charge >= 0.3 is 0 Å². The minimum Gasteiger partial charge on any atom is -0.384 e. The predicted molar refractivity (Wildman–Crippen MR) is 106 cm³/mol. The van der Waals surface area contributed by atoms with E-state index >= 15 is 0 Å². The average Bonchev–Trinajstić information content (AvgIpc) is 2.92. The van der Waals surface area contributed by atoms with Crippen molar-refractivity contribution in [2.24, 2.45) is 0 Å². The average molecular weight is 390 g/mol. The molecule has 0 spiro atoms. The Bertz CT molecular complexity index is 966. The van der Waals surface area contributed by atoms with Gasteiger partial charge < -0.3 is 14.6 Å². The molecule has 6 heteroatoms. The molecule has 1 aromatic carbocycles. The Kier molecular flexibility index (Phi) is 4.48. The van der Waals surface area contributed by atoms with Crippen LogP contribution in [0, 0.1) is 0 Å². The third-order valence-corrected chi connectivity index (χ3v) is 6.08. The Morgan fingerprint density at radius 3 is 2.65 bits per heavy atom. The Labute approximate surface area is 163 Å². The maximum Gasteiger partial charge on any atom is 0.105 e. The Morgan fingerprint density at radius 2 is 1.92 bits per heavy atom. The van der Waals surface area contributed by atoms with Gasteiger partial charge in [0.05, 0.1) is 22.1 Å². The quantitative estimate of drug-likeness (QED) is 0.728. The number of benzene rings is 1. The summed E-state index contributed by atoms with van der Waals surface area (Å²) in [7, 11) is 2.11. The number of likely N-dealkylation sites (N-methyl/N-ethyl adjacent to an activating group) is 1. The van der Waals surface area contributed by atoms with Crippen LogP contribution < -0.4 is 0 Å². The number of pyridine rings is 1. The monoisotopic (exact) mass is 389 g/mol. The Hall–Kier alpha value is -1.59. The van der Waals surface area contributed by atoms with Gasteiger partial charge in [-0.05, 0) is 55.8 Å². The summed E-state index contributed by atoms with van der Waals surface area (Å²) in [6.45, 7) is 4.08. The van der Waals surface area contributed by atoms with Gasteiger partial charge in [0.25, 0.3) is 0 Å². The number of aromatic nitrogens is 2. The molecule has 4 rings (SSSR count). The summed E-state index contributed by atoms with van der Waals surface area (Å²) < 4.78 is 2.20. The lowest BCUT2D eigenvalue weighted by Crippen LogP contribution is -2.32. The summed E-state index contributed by atoms with van der Waals surface area (Å²) in [4.78, 5) is 6.34. The van der Waals surface area contributed by atoms with E-state index in [0.717, 1.165) is 36.0 Å². The lowest BCUT2D eigenvalue weighted by atomic mass is 9.97. The number of hydrogen-bond acceptors (Lipinski definition) is 3. The van der Waals surface area contributed by atoms with Crippen LogP contribution in [0.3, 0.4) is 0 Å². The van der Waals surface area contributed by atoms with Crippen LogP contribution in [0.15, 0.2) is 36.7 Å². The molecular formula is C20H21Cl2N3O. The summed E-state index contributed by atoms with van der Waals surface area (Å²) in [5.41, 5.74) is 3.29. The second-order valence-corrected chi connectivity index (χ2v) is 8.05. The normalized spacial score (nSPS) is 17.3. The van der Waals surface area contributed by atoms with Crippen LogP contribution in [0.5, 0.6) is 0 Å². The molecule has 3 aromatic rings. The standard InChI is InChI=1S/C20H21Cl2N3O/c1-20(26,13-5-8-23-9-6-13)12-25-16-4-3-15(21)19(22)18(16)14-7-10-24(2)11-17(14)25/h3-6,8-9,26H,7,10-12H2,1-2H3. The fourth-order valence-corrected chi connectivity index (χ4v) is 4.31. The van der Waals surface area contributed by atoms with Gasteiger partial charge in [-0.25, -0.2) is 0 Å². The summed E-state index contributed by atoms with van der Waals surface area (Å²) in [5, 5.41) is 13.4. The van der Waals surface area contributed by atoms with Crippen molar-refractivity contribution >= 4 is 34.1 Å². The fourth-order valence-electron chi connectivity index (χ4n) is 3.88. The van der Waals surface area contributed by atoms with Gasteiger partial charge in [0, 0.05) is 36.6 Å². The molecule has 136 valence electrons. The van der Waals surface area contributed by atoms with Crippen molar-refractivity contribution in [3.63, 3.8) is 0 Å². The van der Waals surface area contributed by atoms with E-state index in [2.05, 4.69) is 21.5 Å². The lowest BCUT2D eigenvalue weighted by molar-refractivity contribution is 0.0380. The summed E-state index contributed by atoms with van der Waals surface area (Å²) in [6, 6.07) is 7.55. The van der Waals surface area contributed by atoms with Gasteiger partial charge in [-0.1, -0.05) is 23.2 Å². The topological polar surface area (TPSA) is 41.3 Å². The number of hydrogen-bond donors (Lipinski definition) is 1. The van der Waals surface area contributed by atoms with E-state index in [1.165, 1.54) is 11.3 Å². The van der Waals surface area contributed by atoms with Crippen molar-refractivity contribution < 1.29 is 5.11 Å². The van der Waals surface area contributed by atoms with E-state index in [0.29, 0.717) is 16.6 Å². The van der Waals surface area contributed by atoms with Crippen LogP contribution in [0.25, 0.3) is 10.9 Å². The second-order valence-electron chi connectivity index (χ2n) is 7.26. The van der Waals surface area contributed by atoms with Crippen molar-refractivity contribution in [1.82, 2.24) is 14.5 Å². The molecule has 1 N–H and O–H groups in total. The molecule has 1 aliphatic rings. The van der Waals surface area contributed by atoms with Crippen LogP contribution in [-0.4, -0.2) is 33.1 Å². The first-order chi connectivity index (χ1) is 12.4.